The van der Waals surface area contributed by atoms with Gasteiger partial charge in [-0.1, -0.05) is 17.7 Å². The molecule has 1 aromatic carbocycles. The summed E-state index contributed by atoms with van der Waals surface area (Å²) in [5.41, 5.74) is 1.26. The number of halogens is 1. The summed E-state index contributed by atoms with van der Waals surface area (Å²) in [6.07, 6.45) is 1.97. The molecule has 6 nitrogen and oxygen atoms in total. The molecule has 25 heavy (non-hydrogen) atoms. The Hall–Kier alpha value is -2.12. The molecule has 0 bridgehead atoms. The van der Waals surface area contributed by atoms with E-state index in [9.17, 15) is 14.4 Å². The van der Waals surface area contributed by atoms with Crippen molar-refractivity contribution in [2.75, 3.05) is 6.26 Å². The van der Waals surface area contributed by atoms with Crippen LogP contribution < -0.4 is 0 Å². The molecule has 1 aliphatic heterocycles. The number of carbonyl (C=O) groups excluding carboxylic acids is 3. The first-order valence-corrected chi connectivity index (χ1v) is 9.26. The van der Waals surface area contributed by atoms with Gasteiger partial charge in [-0.3, -0.25) is 19.4 Å². The lowest BCUT2D eigenvalue weighted by atomic mass is 10.1. The lowest BCUT2D eigenvalue weighted by Crippen LogP contribution is -2.37. The predicted molar refractivity (Wildman–Crippen MR) is 96.5 cm³/mol. The van der Waals surface area contributed by atoms with Crippen LogP contribution in [0.5, 0.6) is 0 Å². The third-order valence-electron chi connectivity index (χ3n) is 3.98. The standard InChI is InChI=1S/C17H16ClN3O3S/c1-9(2)21-16(23)15(22)20(17(21)24)8-11-6-10-4-5-12(25-3)7-13(10)19-14(11)18/h4-7,9H,8H2,1-3H3. The fourth-order valence-corrected chi connectivity index (χ4v) is 3.33. The van der Waals surface area contributed by atoms with Crippen LogP contribution in [0.3, 0.4) is 0 Å². The maximum absolute atomic E-state index is 12.4. The first-order valence-electron chi connectivity index (χ1n) is 7.65. The number of fused-ring (bicyclic) bond motifs is 1. The molecule has 1 saturated heterocycles. The minimum Gasteiger partial charge on any atom is -0.263 e. The number of benzene rings is 1. The number of aromatic nitrogens is 1. The van der Waals surface area contributed by atoms with Crippen molar-refractivity contribution in [1.29, 1.82) is 0 Å². The van der Waals surface area contributed by atoms with Crippen LogP contribution in [-0.4, -0.2) is 44.9 Å². The molecule has 3 rings (SSSR count). The van der Waals surface area contributed by atoms with Gasteiger partial charge in [0.1, 0.15) is 5.15 Å². The molecule has 0 atom stereocenters. The van der Waals surface area contributed by atoms with Gasteiger partial charge < -0.3 is 0 Å². The molecule has 1 fully saturated rings. The molecular weight excluding hydrogens is 362 g/mol. The normalized spacial score (nSPS) is 15.2. The van der Waals surface area contributed by atoms with Crippen LogP contribution in [0.2, 0.25) is 5.15 Å². The molecule has 1 aliphatic rings. The number of hydrogen-bond donors (Lipinski definition) is 0. The zero-order valence-corrected chi connectivity index (χ0v) is 15.5. The smallest absolute Gasteiger partial charge is 0.263 e. The average Bonchev–Trinajstić information content (AvgIpc) is 2.78. The highest BCUT2D eigenvalue weighted by molar-refractivity contribution is 7.98. The summed E-state index contributed by atoms with van der Waals surface area (Å²) in [4.78, 5) is 43.8. The van der Waals surface area contributed by atoms with E-state index in [0.717, 1.165) is 25.6 Å². The van der Waals surface area contributed by atoms with Gasteiger partial charge in [0, 0.05) is 21.9 Å². The van der Waals surface area contributed by atoms with Gasteiger partial charge >= 0.3 is 17.8 Å². The average molecular weight is 378 g/mol. The Balaban J connectivity index is 1.95. The van der Waals surface area contributed by atoms with E-state index in [-0.39, 0.29) is 17.7 Å². The van der Waals surface area contributed by atoms with Gasteiger partial charge in [-0.2, -0.15) is 0 Å². The quantitative estimate of drug-likeness (QED) is 0.354. The van der Waals surface area contributed by atoms with E-state index in [0.29, 0.717) is 5.56 Å². The molecule has 1 aromatic heterocycles. The molecule has 0 spiro atoms. The SMILES string of the molecule is CSc1ccc2cc(CN3C(=O)C(=O)N(C(C)C)C3=O)c(Cl)nc2c1. The topological polar surface area (TPSA) is 70.6 Å². The first kappa shape index (κ1) is 17.7. The third kappa shape index (κ3) is 3.09. The monoisotopic (exact) mass is 377 g/mol. The van der Waals surface area contributed by atoms with Crippen LogP contribution in [0.1, 0.15) is 19.4 Å². The van der Waals surface area contributed by atoms with Gasteiger partial charge in [0.2, 0.25) is 0 Å². The number of pyridine rings is 1. The maximum atomic E-state index is 12.4. The van der Waals surface area contributed by atoms with Crippen molar-refractivity contribution in [3.63, 3.8) is 0 Å². The summed E-state index contributed by atoms with van der Waals surface area (Å²) in [7, 11) is 0. The Morgan fingerprint density at radius 3 is 2.48 bits per heavy atom. The van der Waals surface area contributed by atoms with Crippen LogP contribution in [0.4, 0.5) is 4.79 Å². The van der Waals surface area contributed by atoms with E-state index >= 15 is 0 Å². The van der Waals surface area contributed by atoms with Gasteiger partial charge in [0.05, 0.1) is 12.1 Å². The highest BCUT2D eigenvalue weighted by Gasteiger charge is 2.45. The molecule has 0 N–H and O–H groups in total. The molecule has 0 unspecified atom stereocenters. The van der Waals surface area contributed by atoms with Crippen molar-refractivity contribution in [2.45, 2.75) is 31.3 Å². The number of nitrogens with zero attached hydrogens (tertiary/aromatic N) is 3. The molecule has 2 heterocycles. The maximum Gasteiger partial charge on any atom is 0.334 e. The highest BCUT2D eigenvalue weighted by atomic mass is 35.5. The van der Waals surface area contributed by atoms with Crippen molar-refractivity contribution < 1.29 is 14.4 Å². The van der Waals surface area contributed by atoms with Gasteiger partial charge in [-0.05, 0) is 38.3 Å². The predicted octanol–water partition coefficient (Wildman–Crippen LogP) is 3.31. The Kier molecular flexibility index (Phi) is 4.71. The molecule has 0 radical (unpaired) electrons. The molecule has 130 valence electrons. The van der Waals surface area contributed by atoms with Gasteiger partial charge in [-0.15, -0.1) is 11.8 Å². The summed E-state index contributed by atoms with van der Waals surface area (Å²) in [6, 6.07) is 6.57. The summed E-state index contributed by atoms with van der Waals surface area (Å²) in [6.45, 7) is 3.28. The van der Waals surface area contributed by atoms with Crippen molar-refractivity contribution in [3.05, 3.63) is 35.0 Å². The number of hydrogen-bond acceptors (Lipinski definition) is 5. The van der Waals surface area contributed by atoms with Crippen LogP contribution in [0.25, 0.3) is 10.9 Å². The summed E-state index contributed by atoms with van der Waals surface area (Å²) in [5.74, 6) is -1.65. The zero-order chi connectivity index (χ0) is 18.3. The van der Waals surface area contributed by atoms with Crippen LogP contribution in [0, 0.1) is 0 Å². The third-order valence-corrected chi connectivity index (χ3v) is 5.03. The lowest BCUT2D eigenvalue weighted by Gasteiger charge is -2.18. The van der Waals surface area contributed by atoms with Gasteiger partial charge in [-0.25, -0.2) is 9.78 Å². The van der Waals surface area contributed by atoms with E-state index in [1.165, 1.54) is 0 Å². The Bertz CT molecular complexity index is 900. The molecule has 8 heteroatoms. The van der Waals surface area contributed by atoms with Gasteiger partial charge in [0.25, 0.3) is 0 Å². The van der Waals surface area contributed by atoms with Crippen LogP contribution >= 0.6 is 23.4 Å². The molecule has 0 aliphatic carbocycles. The first-order chi connectivity index (χ1) is 11.8. The van der Waals surface area contributed by atoms with E-state index in [2.05, 4.69) is 4.98 Å². The van der Waals surface area contributed by atoms with E-state index < -0.39 is 17.8 Å². The number of urea groups is 1. The summed E-state index contributed by atoms with van der Waals surface area (Å²) < 4.78 is 0. The second-order valence-electron chi connectivity index (χ2n) is 5.94. The second-order valence-corrected chi connectivity index (χ2v) is 7.18. The Morgan fingerprint density at radius 2 is 1.88 bits per heavy atom. The molecule has 0 saturated carbocycles. The van der Waals surface area contributed by atoms with Crippen molar-refractivity contribution >= 4 is 52.1 Å². The highest BCUT2D eigenvalue weighted by Crippen LogP contribution is 2.27. The number of amides is 4. The number of carbonyl (C=O) groups is 3. The number of imide groups is 2. The largest absolute Gasteiger partial charge is 0.334 e. The fraction of sp³-hybridized carbons (Fsp3) is 0.294. The summed E-state index contributed by atoms with van der Waals surface area (Å²) >= 11 is 7.84. The molecule has 4 amide bonds. The van der Waals surface area contributed by atoms with E-state index in [4.69, 9.17) is 11.6 Å². The molecule has 2 aromatic rings. The summed E-state index contributed by atoms with van der Waals surface area (Å²) in [5, 5.41) is 1.06. The van der Waals surface area contributed by atoms with Gasteiger partial charge in [0.15, 0.2) is 0 Å². The fourth-order valence-electron chi connectivity index (χ4n) is 2.69. The van der Waals surface area contributed by atoms with Crippen molar-refractivity contribution in [2.24, 2.45) is 0 Å². The van der Waals surface area contributed by atoms with E-state index in [1.54, 1.807) is 31.7 Å². The lowest BCUT2D eigenvalue weighted by molar-refractivity contribution is -0.144. The second kappa shape index (κ2) is 6.65. The van der Waals surface area contributed by atoms with Crippen molar-refractivity contribution in [3.8, 4) is 0 Å². The van der Waals surface area contributed by atoms with Crippen LogP contribution in [0.15, 0.2) is 29.2 Å². The zero-order valence-electron chi connectivity index (χ0n) is 13.9. The minimum absolute atomic E-state index is 0.0846. The number of rotatable bonds is 4. The molecular formula is C17H16ClN3O3S. The van der Waals surface area contributed by atoms with E-state index in [1.807, 2.05) is 24.5 Å². The van der Waals surface area contributed by atoms with Crippen molar-refractivity contribution in [1.82, 2.24) is 14.8 Å². The Labute approximate surface area is 154 Å². The number of thioether (sulfide) groups is 1. The Morgan fingerprint density at radius 1 is 1.16 bits per heavy atom. The minimum atomic E-state index is -0.840. The van der Waals surface area contributed by atoms with Crippen LogP contribution in [-0.2, 0) is 16.1 Å².